The Morgan fingerprint density at radius 3 is 2.83 bits per heavy atom. The summed E-state index contributed by atoms with van der Waals surface area (Å²) in [5, 5.41) is 5.85. The van der Waals surface area contributed by atoms with E-state index in [4.69, 9.17) is 0 Å². The summed E-state index contributed by atoms with van der Waals surface area (Å²) in [6, 6.07) is 8.39. The summed E-state index contributed by atoms with van der Waals surface area (Å²) < 4.78 is 2.02. The Labute approximate surface area is 137 Å². The van der Waals surface area contributed by atoms with Crippen LogP contribution in [0.2, 0.25) is 0 Å². The van der Waals surface area contributed by atoms with E-state index in [-0.39, 0.29) is 0 Å². The minimum atomic E-state index is 0.744. The summed E-state index contributed by atoms with van der Waals surface area (Å²) in [6.45, 7) is 4.00. The van der Waals surface area contributed by atoms with Crippen LogP contribution in [-0.4, -0.2) is 45.3 Å². The van der Waals surface area contributed by atoms with Gasteiger partial charge in [0.25, 0.3) is 0 Å². The van der Waals surface area contributed by atoms with Gasteiger partial charge in [-0.15, -0.1) is 0 Å². The Morgan fingerprint density at radius 1 is 1.17 bits per heavy atom. The lowest BCUT2D eigenvalue weighted by Gasteiger charge is -2.08. The van der Waals surface area contributed by atoms with Crippen LogP contribution < -0.4 is 0 Å². The second-order valence-corrected chi connectivity index (χ2v) is 6.08. The van der Waals surface area contributed by atoms with Crippen LogP contribution in [0.25, 0.3) is 10.9 Å². The van der Waals surface area contributed by atoms with E-state index in [0.717, 1.165) is 43.0 Å². The molecule has 0 spiro atoms. The van der Waals surface area contributed by atoms with E-state index in [1.165, 1.54) is 10.9 Å². The van der Waals surface area contributed by atoms with Gasteiger partial charge in [0.05, 0.1) is 12.1 Å². The van der Waals surface area contributed by atoms with E-state index < -0.39 is 0 Å². The zero-order chi connectivity index (χ0) is 16.2. The molecule has 3 rings (SSSR count). The van der Waals surface area contributed by atoms with Crippen molar-refractivity contribution < 1.29 is 0 Å². The highest BCUT2D eigenvalue weighted by atomic mass is 15.3. The van der Waals surface area contributed by atoms with Gasteiger partial charge in [-0.1, -0.05) is 19.1 Å². The summed E-state index contributed by atoms with van der Waals surface area (Å²) in [5.74, 6) is 0.871. The highest BCUT2D eigenvalue weighted by Crippen LogP contribution is 2.16. The smallest absolute Gasteiger partial charge is 0.132 e. The van der Waals surface area contributed by atoms with Gasteiger partial charge in [-0.2, -0.15) is 5.10 Å². The number of rotatable bonds is 6. The van der Waals surface area contributed by atoms with E-state index in [1.54, 1.807) is 0 Å². The molecule has 5 heteroatoms. The number of aryl methyl sites for hydroxylation is 1. The summed E-state index contributed by atoms with van der Waals surface area (Å²) in [6.07, 6.45) is 5.63. The van der Waals surface area contributed by atoms with Crippen molar-refractivity contribution in [3.05, 3.63) is 53.7 Å². The van der Waals surface area contributed by atoms with Gasteiger partial charge >= 0.3 is 0 Å². The van der Waals surface area contributed by atoms with Crippen molar-refractivity contribution in [3.8, 4) is 0 Å². The molecule has 0 aliphatic carbocycles. The lowest BCUT2D eigenvalue weighted by atomic mass is 10.1. The van der Waals surface area contributed by atoms with Crippen molar-refractivity contribution in [2.75, 3.05) is 20.6 Å². The zero-order valence-electron chi connectivity index (χ0n) is 14.0. The summed E-state index contributed by atoms with van der Waals surface area (Å²) in [7, 11) is 4.15. The largest absolute Gasteiger partial charge is 0.308 e. The predicted molar refractivity (Wildman–Crippen MR) is 92.5 cm³/mol. The SMILES string of the molecule is CCc1ccnc(Cc2ccc3cn(CCN(C)C)nc3c2)n1. The first-order chi connectivity index (χ1) is 11.1. The Hall–Kier alpha value is -2.27. The first-order valence-electron chi connectivity index (χ1n) is 8.05. The molecule has 1 aromatic carbocycles. The molecule has 0 bridgehead atoms. The monoisotopic (exact) mass is 309 g/mol. The molecule has 2 heterocycles. The molecule has 0 atom stereocenters. The van der Waals surface area contributed by atoms with E-state index in [2.05, 4.69) is 65.4 Å². The maximum absolute atomic E-state index is 4.67. The Bertz CT molecular complexity index is 791. The molecule has 0 fully saturated rings. The number of likely N-dealkylation sites (N-methyl/N-ethyl adjacent to an activating group) is 1. The van der Waals surface area contributed by atoms with Crippen LogP contribution in [0.3, 0.4) is 0 Å². The van der Waals surface area contributed by atoms with Crippen molar-refractivity contribution in [3.63, 3.8) is 0 Å². The molecule has 0 amide bonds. The second-order valence-electron chi connectivity index (χ2n) is 6.08. The molecule has 0 saturated heterocycles. The average molecular weight is 309 g/mol. The Kier molecular flexibility index (Phi) is 4.67. The van der Waals surface area contributed by atoms with Crippen LogP contribution in [0.1, 0.15) is 24.0 Å². The standard InChI is InChI=1S/C18H23N5/c1-4-16-7-8-19-18(20-16)12-14-5-6-15-13-23(10-9-22(2)3)21-17(15)11-14/h5-8,11,13H,4,9-10,12H2,1-3H3. The van der Waals surface area contributed by atoms with Crippen molar-refractivity contribution in [2.24, 2.45) is 0 Å². The average Bonchev–Trinajstić information content (AvgIpc) is 2.95. The molecule has 5 nitrogen and oxygen atoms in total. The second kappa shape index (κ2) is 6.87. The third kappa shape index (κ3) is 3.93. The third-order valence-corrected chi connectivity index (χ3v) is 3.88. The van der Waals surface area contributed by atoms with Gasteiger partial charge in [-0.05, 0) is 38.2 Å². The lowest BCUT2D eigenvalue weighted by Crippen LogP contribution is -2.18. The maximum atomic E-state index is 4.67. The van der Waals surface area contributed by atoms with Crippen LogP contribution >= 0.6 is 0 Å². The van der Waals surface area contributed by atoms with Gasteiger partial charge in [0, 0.05) is 36.4 Å². The predicted octanol–water partition coefficient (Wildman–Crippen LogP) is 2.54. The van der Waals surface area contributed by atoms with Gasteiger partial charge in [0.2, 0.25) is 0 Å². The molecule has 3 aromatic rings. The van der Waals surface area contributed by atoms with Crippen LogP contribution in [0, 0.1) is 0 Å². The third-order valence-electron chi connectivity index (χ3n) is 3.88. The van der Waals surface area contributed by atoms with E-state index >= 15 is 0 Å². The van der Waals surface area contributed by atoms with Gasteiger partial charge in [-0.25, -0.2) is 9.97 Å². The molecule has 0 aliphatic heterocycles. The molecule has 23 heavy (non-hydrogen) atoms. The van der Waals surface area contributed by atoms with Crippen LogP contribution in [0.15, 0.2) is 36.7 Å². The minimum absolute atomic E-state index is 0.744. The first-order valence-corrected chi connectivity index (χ1v) is 8.05. The van der Waals surface area contributed by atoms with Crippen molar-refractivity contribution in [1.29, 1.82) is 0 Å². The molecule has 0 unspecified atom stereocenters. The summed E-state index contributed by atoms with van der Waals surface area (Å²) in [5.41, 5.74) is 3.32. The van der Waals surface area contributed by atoms with Crippen molar-refractivity contribution >= 4 is 10.9 Å². The van der Waals surface area contributed by atoms with Gasteiger partial charge in [0.1, 0.15) is 5.82 Å². The molecule has 120 valence electrons. The topological polar surface area (TPSA) is 46.8 Å². The van der Waals surface area contributed by atoms with Crippen LogP contribution in [0.4, 0.5) is 0 Å². The molecule has 0 saturated carbocycles. The first kappa shape index (κ1) is 15.6. The van der Waals surface area contributed by atoms with Crippen LogP contribution in [0.5, 0.6) is 0 Å². The summed E-state index contributed by atoms with van der Waals surface area (Å²) in [4.78, 5) is 11.1. The maximum Gasteiger partial charge on any atom is 0.132 e. The fourth-order valence-electron chi connectivity index (χ4n) is 2.55. The van der Waals surface area contributed by atoms with E-state index in [9.17, 15) is 0 Å². The molecular weight excluding hydrogens is 286 g/mol. The quantitative estimate of drug-likeness (QED) is 0.702. The fourth-order valence-corrected chi connectivity index (χ4v) is 2.55. The summed E-state index contributed by atoms with van der Waals surface area (Å²) >= 11 is 0. The number of hydrogen-bond donors (Lipinski definition) is 0. The van der Waals surface area contributed by atoms with Crippen molar-refractivity contribution in [1.82, 2.24) is 24.6 Å². The van der Waals surface area contributed by atoms with Crippen molar-refractivity contribution in [2.45, 2.75) is 26.3 Å². The fraction of sp³-hybridized carbons (Fsp3) is 0.389. The van der Waals surface area contributed by atoms with Crippen LogP contribution in [-0.2, 0) is 19.4 Å². The number of hydrogen-bond acceptors (Lipinski definition) is 4. The van der Waals surface area contributed by atoms with E-state index in [1.807, 2.05) is 16.9 Å². The Morgan fingerprint density at radius 2 is 2.04 bits per heavy atom. The number of benzene rings is 1. The zero-order valence-corrected chi connectivity index (χ0v) is 14.0. The van der Waals surface area contributed by atoms with Gasteiger partial charge in [-0.3, -0.25) is 4.68 Å². The normalized spacial score (nSPS) is 11.5. The minimum Gasteiger partial charge on any atom is -0.308 e. The van der Waals surface area contributed by atoms with Gasteiger partial charge < -0.3 is 4.90 Å². The van der Waals surface area contributed by atoms with Gasteiger partial charge in [0.15, 0.2) is 0 Å². The lowest BCUT2D eigenvalue weighted by molar-refractivity contribution is 0.374. The molecule has 0 aliphatic rings. The number of aromatic nitrogens is 4. The number of fused-ring (bicyclic) bond motifs is 1. The molecule has 0 radical (unpaired) electrons. The molecular formula is C18H23N5. The Balaban J connectivity index is 1.79. The molecule has 2 aromatic heterocycles. The number of nitrogens with zero attached hydrogens (tertiary/aromatic N) is 5. The highest BCUT2D eigenvalue weighted by molar-refractivity contribution is 5.78. The highest BCUT2D eigenvalue weighted by Gasteiger charge is 2.05. The van der Waals surface area contributed by atoms with E-state index in [0.29, 0.717) is 0 Å². The molecule has 0 N–H and O–H groups in total.